The number of nitrogens with zero attached hydrogens (tertiary/aromatic N) is 3. The Kier molecular flexibility index (Phi) is 9.65. The van der Waals surface area contributed by atoms with E-state index >= 15 is 0 Å². The molecule has 1 aliphatic heterocycles. The van der Waals surface area contributed by atoms with Crippen molar-refractivity contribution in [2.75, 3.05) is 13.2 Å². The van der Waals surface area contributed by atoms with Gasteiger partial charge in [-0.05, 0) is 66.0 Å². The highest BCUT2D eigenvalue weighted by atomic mass is 16.5. The van der Waals surface area contributed by atoms with Crippen LogP contribution in [0.15, 0.2) is 73.3 Å². The van der Waals surface area contributed by atoms with Crippen LogP contribution in [0, 0.1) is 6.92 Å². The quantitative estimate of drug-likeness (QED) is 0.237. The molecule has 0 bridgehead atoms. The number of aliphatic hydroxyl groups is 1. The molecule has 214 valence electrons. The van der Waals surface area contributed by atoms with Crippen LogP contribution >= 0.6 is 0 Å². The smallest absolute Gasteiger partial charge is 0.128 e. The van der Waals surface area contributed by atoms with E-state index in [1.807, 2.05) is 19.9 Å². The number of aromatic nitrogens is 2. The Labute approximate surface area is 244 Å². The second-order valence-electron chi connectivity index (χ2n) is 10.5. The summed E-state index contributed by atoms with van der Waals surface area (Å²) < 4.78 is 13.0. The zero-order valence-electron chi connectivity index (χ0n) is 24.5. The third kappa shape index (κ3) is 6.45. The maximum absolute atomic E-state index is 9.78. The molecule has 6 nitrogen and oxygen atoms in total. The fourth-order valence-electron chi connectivity index (χ4n) is 5.83. The molecule has 1 atom stereocenters. The number of hydrogen-bond acceptors (Lipinski definition) is 6. The average Bonchev–Trinajstić information content (AvgIpc) is 3.51. The Morgan fingerprint density at radius 2 is 1.66 bits per heavy atom. The van der Waals surface area contributed by atoms with Crippen LogP contribution in [0.25, 0.3) is 11.1 Å². The second-order valence-corrected chi connectivity index (χ2v) is 10.5. The molecule has 1 fully saturated rings. The van der Waals surface area contributed by atoms with E-state index in [0.29, 0.717) is 13.2 Å². The third-order valence-corrected chi connectivity index (χ3v) is 8.20. The zero-order valence-corrected chi connectivity index (χ0v) is 24.5. The van der Waals surface area contributed by atoms with Crippen LogP contribution in [-0.4, -0.2) is 39.2 Å². The number of aliphatic hydroxyl groups excluding tert-OH is 1. The van der Waals surface area contributed by atoms with Crippen molar-refractivity contribution in [3.63, 3.8) is 0 Å². The summed E-state index contributed by atoms with van der Waals surface area (Å²) in [4.78, 5) is 10.6. The minimum atomic E-state index is 0.197. The van der Waals surface area contributed by atoms with E-state index < -0.39 is 0 Å². The molecule has 41 heavy (non-hydrogen) atoms. The molecule has 2 heterocycles. The molecular weight excluding hydrogens is 510 g/mol. The maximum atomic E-state index is 9.78. The lowest BCUT2D eigenvalue weighted by Gasteiger charge is -2.40. The minimum absolute atomic E-state index is 0.197. The van der Waals surface area contributed by atoms with E-state index in [2.05, 4.69) is 70.3 Å². The summed E-state index contributed by atoms with van der Waals surface area (Å²) in [6.45, 7) is 9.06. The zero-order chi connectivity index (χ0) is 28.6. The van der Waals surface area contributed by atoms with Gasteiger partial charge in [-0.25, -0.2) is 9.97 Å². The summed E-state index contributed by atoms with van der Waals surface area (Å²) in [6, 6.07) is 19.3. The van der Waals surface area contributed by atoms with Gasteiger partial charge in [-0.2, -0.15) is 0 Å². The summed E-state index contributed by atoms with van der Waals surface area (Å²) in [6.07, 6.45) is 9.29. The van der Waals surface area contributed by atoms with E-state index in [0.717, 1.165) is 55.8 Å². The molecule has 1 aliphatic carbocycles. The largest absolute Gasteiger partial charge is 0.488 e. The van der Waals surface area contributed by atoms with Crippen LogP contribution in [-0.2, 0) is 32.6 Å². The molecule has 1 saturated heterocycles. The Morgan fingerprint density at radius 3 is 2.39 bits per heavy atom. The lowest BCUT2D eigenvalue weighted by molar-refractivity contribution is 0.0346. The van der Waals surface area contributed by atoms with Gasteiger partial charge in [0.25, 0.3) is 0 Å². The van der Waals surface area contributed by atoms with E-state index in [4.69, 9.17) is 9.47 Å². The van der Waals surface area contributed by atoms with Crippen molar-refractivity contribution in [2.24, 2.45) is 0 Å². The Bertz CT molecular complexity index is 1420. The Balaban J connectivity index is 0.00000165. The first kappa shape index (κ1) is 28.8. The number of ether oxygens (including phenoxy) is 2. The van der Waals surface area contributed by atoms with Crippen molar-refractivity contribution in [3.8, 4) is 22.6 Å². The average molecular weight is 552 g/mol. The molecule has 6 rings (SSSR count). The summed E-state index contributed by atoms with van der Waals surface area (Å²) in [7, 11) is 0. The highest BCUT2D eigenvalue weighted by Gasteiger charge is 2.31. The van der Waals surface area contributed by atoms with Gasteiger partial charge in [0.1, 0.15) is 31.0 Å². The SMILES string of the molecule is CC.Cc1c(COc2cc(OCc3cncnc3)c(CN3CCC3CO)c3c2CCC3)cccc1-c1ccccc1. The lowest BCUT2D eigenvalue weighted by atomic mass is 9.96. The van der Waals surface area contributed by atoms with Crippen LogP contribution in [0.5, 0.6) is 11.5 Å². The fraction of sp³-hybridized carbons (Fsp3) is 0.371. The molecule has 0 amide bonds. The molecule has 0 saturated carbocycles. The van der Waals surface area contributed by atoms with Gasteiger partial charge in [-0.15, -0.1) is 0 Å². The predicted octanol–water partition coefficient (Wildman–Crippen LogP) is 6.69. The number of benzene rings is 3. The van der Waals surface area contributed by atoms with E-state index in [9.17, 15) is 5.11 Å². The van der Waals surface area contributed by atoms with Gasteiger partial charge >= 0.3 is 0 Å². The molecule has 3 aromatic carbocycles. The molecule has 0 radical (unpaired) electrons. The predicted molar refractivity (Wildman–Crippen MR) is 163 cm³/mol. The van der Waals surface area contributed by atoms with Crippen LogP contribution in [0.3, 0.4) is 0 Å². The van der Waals surface area contributed by atoms with Gasteiger partial charge in [-0.3, -0.25) is 4.90 Å². The molecule has 6 heteroatoms. The first-order valence-corrected chi connectivity index (χ1v) is 14.9. The summed E-state index contributed by atoms with van der Waals surface area (Å²) in [5.41, 5.74) is 9.69. The van der Waals surface area contributed by atoms with Crippen molar-refractivity contribution < 1.29 is 14.6 Å². The highest BCUT2D eigenvalue weighted by Crippen LogP contribution is 2.41. The van der Waals surface area contributed by atoms with Crippen molar-refractivity contribution in [2.45, 2.75) is 72.3 Å². The number of likely N-dealkylation sites (tertiary alicyclic amines) is 1. The Hall–Kier alpha value is -3.74. The fourth-order valence-corrected chi connectivity index (χ4v) is 5.83. The second kappa shape index (κ2) is 13.7. The van der Waals surface area contributed by atoms with Crippen LogP contribution in [0.2, 0.25) is 0 Å². The molecule has 1 unspecified atom stereocenters. The summed E-state index contributed by atoms with van der Waals surface area (Å²) in [5.74, 6) is 1.77. The van der Waals surface area contributed by atoms with Crippen molar-refractivity contribution >= 4 is 0 Å². The van der Waals surface area contributed by atoms with Crippen molar-refractivity contribution in [3.05, 3.63) is 107 Å². The van der Waals surface area contributed by atoms with Gasteiger partial charge in [0.05, 0.1) is 6.61 Å². The minimum Gasteiger partial charge on any atom is -0.488 e. The van der Waals surface area contributed by atoms with Gasteiger partial charge in [-0.1, -0.05) is 62.4 Å². The Morgan fingerprint density at radius 1 is 0.902 bits per heavy atom. The van der Waals surface area contributed by atoms with Crippen molar-refractivity contribution in [1.82, 2.24) is 14.9 Å². The normalized spacial score (nSPS) is 15.9. The van der Waals surface area contributed by atoms with Crippen LogP contribution < -0.4 is 9.47 Å². The van der Waals surface area contributed by atoms with Crippen LogP contribution in [0.1, 0.15) is 60.1 Å². The highest BCUT2D eigenvalue weighted by molar-refractivity contribution is 5.68. The van der Waals surface area contributed by atoms with Gasteiger partial charge in [0.2, 0.25) is 0 Å². The maximum Gasteiger partial charge on any atom is 0.128 e. The first-order valence-electron chi connectivity index (χ1n) is 14.9. The molecule has 2 aliphatic rings. The third-order valence-electron chi connectivity index (χ3n) is 8.20. The monoisotopic (exact) mass is 551 g/mol. The number of fused-ring (bicyclic) bond motifs is 1. The van der Waals surface area contributed by atoms with Crippen molar-refractivity contribution in [1.29, 1.82) is 0 Å². The molecular formula is C35H41N3O3. The standard InChI is InChI=1S/C33H35N3O3.C2H6/c1-23-26(9-5-10-28(23)25-7-3-2-4-8-25)21-39-32-15-33(38-20-24-16-34-22-35-17-24)31(29-11-6-12-30(29)32)18-36-14-13-27(36)19-37;1-2/h2-5,7-10,15-17,22,27,37H,6,11-14,18-21H2,1H3;1-2H3. The van der Waals surface area contributed by atoms with E-state index in [-0.39, 0.29) is 12.6 Å². The van der Waals surface area contributed by atoms with E-state index in [1.165, 1.54) is 45.3 Å². The number of hydrogen-bond donors (Lipinski definition) is 1. The molecule has 0 spiro atoms. The van der Waals surface area contributed by atoms with Gasteiger partial charge in [0, 0.05) is 48.7 Å². The molecule has 4 aromatic rings. The summed E-state index contributed by atoms with van der Waals surface area (Å²) >= 11 is 0. The topological polar surface area (TPSA) is 67.7 Å². The van der Waals surface area contributed by atoms with Gasteiger partial charge < -0.3 is 14.6 Å². The number of rotatable bonds is 10. The summed E-state index contributed by atoms with van der Waals surface area (Å²) in [5, 5.41) is 9.78. The van der Waals surface area contributed by atoms with E-state index in [1.54, 1.807) is 12.4 Å². The van der Waals surface area contributed by atoms with Gasteiger partial charge in [0.15, 0.2) is 0 Å². The van der Waals surface area contributed by atoms with Crippen LogP contribution in [0.4, 0.5) is 0 Å². The lowest BCUT2D eigenvalue weighted by Crippen LogP contribution is -2.49. The molecule has 1 N–H and O–H groups in total. The molecule has 1 aromatic heterocycles. The first-order chi connectivity index (χ1) is 20.2.